The lowest BCUT2D eigenvalue weighted by molar-refractivity contribution is 0.322. The Kier molecular flexibility index (Phi) is 4.11. The van der Waals surface area contributed by atoms with Crippen LogP contribution < -0.4 is 0 Å². The van der Waals surface area contributed by atoms with Gasteiger partial charge < -0.3 is 19.4 Å². The van der Waals surface area contributed by atoms with Crippen molar-refractivity contribution < 1.29 is 23.6 Å². The van der Waals surface area contributed by atoms with Crippen LogP contribution in [0.15, 0.2) is 46.1 Å². The molecule has 2 N–H and O–H groups in total. The van der Waals surface area contributed by atoms with Crippen molar-refractivity contribution in [3.05, 3.63) is 65.1 Å². The number of fused-ring (bicyclic) bond motifs is 1. The van der Waals surface area contributed by atoms with Crippen LogP contribution in [0.25, 0.3) is 27.8 Å². The molecule has 0 fully saturated rings. The molecule has 2 heterocycles. The summed E-state index contributed by atoms with van der Waals surface area (Å²) in [6.45, 7) is 3.46. The molecule has 0 radical (unpaired) electrons. The molecule has 28 heavy (non-hydrogen) atoms. The van der Waals surface area contributed by atoms with E-state index in [0.29, 0.717) is 39.2 Å². The molecule has 2 aromatic heterocycles. The predicted molar refractivity (Wildman–Crippen MR) is 99.2 cm³/mol. The molecule has 0 aliphatic rings. The van der Waals surface area contributed by atoms with Crippen LogP contribution in [0.2, 0.25) is 0 Å². The quantitative estimate of drug-likeness (QED) is 0.305. The van der Waals surface area contributed by atoms with Crippen molar-refractivity contribution in [1.29, 1.82) is 0 Å². The topological polar surface area (TPSA) is 83.8 Å². The molecule has 6 nitrogen and oxygen atoms in total. The molecule has 0 saturated heterocycles. The van der Waals surface area contributed by atoms with Gasteiger partial charge in [0.05, 0.1) is 34.4 Å². The molecular weight excluding hydrogens is 368 g/mol. The highest BCUT2D eigenvalue weighted by molar-refractivity contribution is 6.07. The van der Waals surface area contributed by atoms with E-state index in [1.54, 1.807) is 42.7 Å². The summed E-state index contributed by atoms with van der Waals surface area (Å²) in [6.07, 6.45) is 1.26. The lowest BCUT2D eigenvalue weighted by Crippen LogP contribution is -2.01. The molecule has 0 saturated carbocycles. The normalized spacial score (nSPS) is 11.7. The van der Waals surface area contributed by atoms with Crippen LogP contribution in [0.1, 0.15) is 17.0 Å². The number of phenols is 1. The minimum absolute atomic E-state index is 0.150. The van der Waals surface area contributed by atoms with Crippen molar-refractivity contribution in [1.82, 2.24) is 9.72 Å². The van der Waals surface area contributed by atoms with E-state index in [1.807, 2.05) is 0 Å². The summed E-state index contributed by atoms with van der Waals surface area (Å²) in [4.78, 5) is 0. The van der Waals surface area contributed by atoms with Crippen LogP contribution in [0, 0.1) is 25.5 Å². The van der Waals surface area contributed by atoms with Gasteiger partial charge in [-0.3, -0.25) is 0 Å². The van der Waals surface area contributed by atoms with E-state index in [1.165, 1.54) is 6.21 Å². The Morgan fingerprint density at radius 2 is 1.82 bits per heavy atom. The Hall–Kier alpha value is -3.68. The third kappa shape index (κ3) is 2.53. The molecule has 0 amide bonds. The largest absolute Gasteiger partial charge is 0.503 e. The third-order valence-corrected chi connectivity index (χ3v) is 4.63. The van der Waals surface area contributed by atoms with Crippen molar-refractivity contribution in [3.8, 4) is 22.7 Å². The second kappa shape index (κ2) is 6.49. The van der Waals surface area contributed by atoms with E-state index in [9.17, 15) is 19.1 Å². The minimum atomic E-state index is -1.09. The average Bonchev–Trinajstić information content (AvgIpc) is 3.16. The highest BCUT2D eigenvalue weighted by Gasteiger charge is 2.25. The van der Waals surface area contributed by atoms with Crippen molar-refractivity contribution in [2.75, 3.05) is 0 Å². The zero-order chi connectivity index (χ0) is 20.0. The van der Waals surface area contributed by atoms with Crippen molar-refractivity contribution >= 4 is 17.1 Å². The van der Waals surface area contributed by atoms with E-state index >= 15 is 0 Å². The summed E-state index contributed by atoms with van der Waals surface area (Å²) in [6, 6.07) is 9.23. The molecular formula is C20H15F2N3O3. The number of halogens is 2. The van der Waals surface area contributed by atoms with Gasteiger partial charge in [-0.15, -0.1) is 0 Å². The van der Waals surface area contributed by atoms with Crippen LogP contribution in [-0.2, 0) is 0 Å². The number of nitrogens with zero attached hydrogens (tertiary/aromatic N) is 3. The molecule has 0 aliphatic heterocycles. The zero-order valence-electron chi connectivity index (χ0n) is 14.9. The Bertz CT molecular complexity index is 1200. The molecule has 4 aromatic rings. The second-order valence-electron chi connectivity index (χ2n) is 6.32. The van der Waals surface area contributed by atoms with Crippen LogP contribution in [0.3, 0.4) is 0 Å². The van der Waals surface area contributed by atoms with Crippen molar-refractivity contribution in [2.24, 2.45) is 5.16 Å². The first-order valence-corrected chi connectivity index (χ1v) is 8.36. The summed E-state index contributed by atoms with van der Waals surface area (Å²) >= 11 is 0. The van der Waals surface area contributed by atoms with Crippen LogP contribution in [0.4, 0.5) is 8.78 Å². The molecule has 8 heteroatoms. The second-order valence-corrected chi connectivity index (χ2v) is 6.32. The zero-order valence-corrected chi connectivity index (χ0v) is 14.9. The number of hydrogen-bond acceptors (Lipinski definition) is 5. The lowest BCUT2D eigenvalue weighted by atomic mass is 10.0. The van der Waals surface area contributed by atoms with Gasteiger partial charge in [0.2, 0.25) is 0 Å². The van der Waals surface area contributed by atoms with Gasteiger partial charge in [0.15, 0.2) is 17.4 Å². The van der Waals surface area contributed by atoms with E-state index in [-0.39, 0.29) is 5.69 Å². The lowest BCUT2D eigenvalue weighted by Gasteiger charge is -2.13. The van der Waals surface area contributed by atoms with Gasteiger partial charge in [-0.2, -0.15) is 0 Å². The maximum absolute atomic E-state index is 14.1. The van der Waals surface area contributed by atoms with Gasteiger partial charge in [-0.25, -0.2) is 8.78 Å². The minimum Gasteiger partial charge on any atom is -0.503 e. The summed E-state index contributed by atoms with van der Waals surface area (Å²) < 4.78 is 35.1. The van der Waals surface area contributed by atoms with Crippen molar-refractivity contribution in [3.63, 3.8) is 0 Å². The Balaban J connectivity index is 2.21. The number of para-hydroxylation sites is 1. The fourth-order valence-electron chi connectivity index (χ4n) is 3.47. The highest BCUT2D eigenvalue weighted by atomic mass is 19.1. The number of benzene rings is 2. The van der Waals surface area contributed by atoms with Gasteiger partial charge in [0.25, 0.3) is 0 Å². The Labute approximate surface area is 157 Å². The van der Waals surface area contributed by atoms with Gasteiger partial charge >= 0.3 is 0 Å². The maximum atomic E-state index is 14.1. The molecule has 142 valence electrons. The molecule has 2 aromatic carbocycles. The number of aryl methyl sites for hydroxylation is 2. The molecule has 0 bridgehead atoms. The standard InChI is InChI=1S/C20H15F2N3O3/c1-10-18(11(2)28-24-10)19-14(9-23-27)13-5-3-4-6-17(13)25(19)12-7-15(21)20(26)16(22)8-12/h3-9,26-27H,1-2H3/b23-9+. The Morgan fingerprint density at radius 1 is 1.14 bits per heavy atom. The van der Waals surface area contributed by atoms with Crippen molar-refractivity contribution in [2.45, 2.75) is 13.8 Å². The van der Waals surface area contributed by atoms with E-state index < -0.39 is 17.4 Å². The molecule has 0 unspecified atom stereocenters. The van der Waals surface area contributed by atoms with Crippen LogP contribution in [-0.4, -0.2) is 26.3 Å². The number of oxime groups is 1. The Morgan fingerprint density at radius 3 is 2.43 bits per heavy atom. The van der Waals surface area contributed by atoms with Crippen LogP contribution >= 0.6 is 0 Å². The molecule has 0 aliphatic carbocycles. The predicted octanol–water partition coefficient (Wildman–Crippen LogP) is 4.69. The van der Waals surface area contributed by atoms with E-state index in [2.05, 4.69) is 10.3 Å². The highest BCUT2D eigenvalue weighted by Crippen LogP contribution is 2.39. The first-order chi connectivity index (χ1) is 13.4. The smallest absolute Gasteiger partial charge is 0.187 e. The number of hydrogen-bond donors (Lipinski definition) is 2. The number of aromatic hydroxyl groups is 1. The monoisotopic (exact) mass is 383 g/mol. The van der Waals surface area contributed by atoms with Crippen LogP contribution in [0.5, 0.6) is 5.75 Å². The van der Waals surface area contributed by atoms with E-state index in [4.69, 9.17) is 4.52 Å². The summed E-state index contributed by atoms with van der Waals surface area (Å²) in [5, 5.41) is 26.5. The van der Waals surface area contributed by atoms with E-state index in [0.717, 1.165) is 12.1 Å². The van der Waals surface area contributed by atoms with Gasteiger partial charge in [-0.1, -0.05) is 28.5 Å². The molecule has 0 atom stereocenters. The number of phenolic OH excluding ortho intramolecular Hbond substituents is 1. The number of rotatable bonds is 3. The molecule has 4 rings (SSSR count). The molecule has 0 spiro atoms. The SMILES string of the molecule is Cc1noc(C)c1-c1c(/C=N/O)c2ccccc2n1-c1cc(F)c(O)c(F)c1. The summed E-state index contributed by atoms with van der Waals surface area (Å²) in [5.74, 6) is -2.73. The summed E-state index contributed by atoms with van der Waals surface area (Å²) in [7, 11) is 0. The van der Waals surface area contributed by atoms with Gasteiger partial charge in [-0.05, 0) is 19.9 Å². The summed E-state index contributed by atoms with van der Waals surface area (Å²) in [5.41, 5.74) is 2.98. The first-order valence-electron chi connectivity index (χ1n) is 8.36. The third-order valence-electron chi connectivity index (χ3n) is 4.63. The van der Waals surface area contributed by atoms with Gasteiger partial charge in [0, 0.05) is 23.1 Å². The fourth-order valence-corrected chi connectivity index (χ4v) is 3.47. The van der Waals surface area contributed by atoms with Gasteiger partial charge in [0.1, 0.15) is 5.76 Å². The number of aromatic nitrogens is 2. The first kappa shape index (κ1) is 17.7. The average molecular weight is 383 g/mol. The fraction of sp³-hybridized carbons (Fsp3) is 0.100. The maximum Gasteiger partial charge on any atom is 0.187 e.